The molecule has 1 N–H and O–H groups in total. The molecule has 3 atom stereocenters. The van der Waals surface area contributed by atoms with Gasteiger partial charge in [-0.05, 0) is 37.9 Å². The van der Waals surface area contributed by atoms with E-state index in [4.69, 9.17) is 9.47 Å². The number of rotatable bonds is 17. The number of esters is 2. The second-order valence-electron chi connectivity index (χ2n) is 8.02. The zero-order chi connectivity index (χ0) is 24.2. The fraction of sp³-hybridized carbons (Fsp3) is 0.900. The third-order valence-electron chi connectivity index (χ3n) is 5.48. The molecule has 1 saturated heterocycles. The lowest BCUT2D eigenvalue weighted by atomic mass is 10.0. The minimum absolute atomic E-state index is 0.0581. The Hall–Kier alpha value is -0.850. The number of nitrogens with one attached hydrogen (secondary N) is 1. The lowest BCUT2D eigenvalue weighted by Crippen LogP contribution is -2.37. The molecule has 1 fully saturated rings. The number of unbranched alkanes of at least 4 members (excludes halogenated alkanes) is 1. The first-order valence-corrected chi connectivity index (χ1v) is 15.5. The molecule has 0 saturated carbocycles. The molecule has 0 aromatic heterocycles. The van der Waals surface area contributed by atoms with Crippen molar-refractivity contribution in [2.75, 3.05) is 37.0 Å². The van der Waals surface area contributed by atoms with Crippen molar-refractivity contribution >= 4 is 43.6 Å². The van der Waals surface area contributed by atoms with Gasteiger partial charge in [-0.15, -0.1) is 0 Å². The molecular formula is C20H37NO8S3. The number of carbonyl (C=O) groups is 2. The van der Waals surface area contributed by atoms with Crippen LogP contribution in [-0.2, 0) is 38.9 Å². The van der Waals surface area contributed by atoms with Gasteiger partial charge in [0.2, 0.25) is 10.0 Å². The third-order valence-corrected chi connectivity index (χ3v) is 10.9. The largest absolute Gasteiger partial charge is 0.463 e. The van der Waals surface area contributed by atoms with Gasteiger partial charge in [0, 0.05) is 5.25 Å². The molecule has 0 aliphatic carbocycles. The van der Waals surface area contributed by atoms with E-state index in [0.29, 0.717) is 0 Å². The molecular weight excluding hydrogens is 478 g/mol. The maximum absolute atomic E-state index is 12.3. The highest BCUT2D eigenvalue weighted by molar-refractivity contribution is 8.02. The molecule has 1 aliphatic rings. The summed E-state index contributed by atoms with van der Waals surface area (Å²) >= 11 is 1.61. The molecule has 188 valence electrons. The Morgan fingerprint density at radius 3 is 2.31 bits per heavy atom. The topological polar surface area (TPSA) is 133 Å². The van der Waals surface area contributed by atoms with Crippen LogP contribution in [0.4, 0.5) is 0 Å². The van der Waals surface area contributed by atoms with Gasteiger partial charge in [-0.25, -0.2) is 26.4 Å². The average Bonchev–Trinajstić information content (AvgIpc) is 2.69. The summed E-state index contributed by atoms with van der Waals surface area (Å²) in [7, 11) is -7.21. The Kier molecular flexibility index (Phi) is 13.2. The van der Waals surface area contributed by atoms with Crippen LogP contribution >= 0.6 is 11.8 Å². The number of hydrogen-bond donors (Lipinski definition) is 1. The van der Waals surface area contributed by atoms with E-state index in [0.717, 1.165) is 37.9 Å². The van der Waals surface area contributed by atoms with E-state index in [1.54, 1.807) is 18.7 Å². The fourth-order valence-electron chi connectivity index (χ4n) is 3.07. The SMILES string of the molecule is CCCCC(CC)COC(=O)COC(=O)CNS(=O)(=O)CCCS(=O)(=O)C(C)C1CCS1. The number of ether oxygens (including phenoxy) is 2. The van der Waals surface area contributed by atoms with E-state index in [2.05, 4.69) is 11.6 Å². The van der Waals surface area contributed by atoms with Crippen LogP contribution in [0.2, 0.25) is 0 Å². The first kappa shape index (κ1) is 29.2. The molecule has 1 aliphatic heterocycles. The monoisotopic (exact) mass is 515 g/mol. The van der Waals surface area contributed by atoms with Crippen molar-refractivity contribution in [3.05, 3.63) is 0 Å². The summed E-state index contributed by atoms with van der Waals surface area (Å²) in [6, 6.07) is 0. The Labute approximate surface area is 196 Å². The molecule has 0 aromatic rings. The van der Waals surface area contributed by atoms with E-state index < -0.39 is 56.0 Å². The quantitative estimate of drug-likeness (QED) is 0.288. The maximum Gasteiger partial charge on any atom is 0.344 e. The van der Waals surface area contributed by atoms with Crippen LogP contribution < -0.4 is 4.72 Å². The molecule has 0 amide bonds. The van der Waals surface area contributed by atoms with E-state index in [1.165, 1.54) is 0 Å². The van der Waals surface area contributed by atoms with Gasteiger partial charge in [-0.3, -0.25) is 4.79 Å². The number of sulfone groups is 1. The lowest BCUT2D eigenvalue weighted by Gasteiger charge is -2.30. The lowest BCUT2D eigenvalue weighted by molar-refractivity contribution is -0.159. The van der Waals surface area contributed by atoms with Gasteiger partial charge in [0.1, 0.15) is 6.54 Å². The van der Waals surface area contributed by atoms with Gasteiger partial charge >= 0.3 is 11.9 Å². The number of hydrogen-bond acceptors (Lipinski definition) is 9. The number of thioether (sulfide) groups is 1. The summed E-state index contributed by atoms with van der Waals surface area (Å²) in [6.07, 6.45) is 4.76. The Balaban J connectivity index is 2.25. The molecule has 0 radical (unpaired) electrons. The third kappa shape index (κ3) is 11.3. The van der Waals surface area contributed by atoms with E-state index in [1.807, 2.05) is 6.92 Å². The first-order valence-electron chi connectivity index (χ1n) is 11.1. The zero-order valence-corrected chi connectivity index (χ0v) is 21.7. The van der Waals surface area contributed by atoms with Crippen LogP contribution in [0, 0.1) is 5.92 Å². The molecule has 32 heavy (non-hydrogen) atoms. The minimum Gasteiger partial charge on any atom is -0.463 e. The Morgan fingerprint density at radius 2 is 1.75 bits per heavy atom. The van der Waals surface area contributed by atoms with Crippen LogP contribution in [0.25, 0.3) is 0 Å². The highest BCUT2D eigenvalue weighted by atomic mass is 32.2. The van der Waals surface area contributed by atoms with Crippen molar-refractivity contribution < 1.29 is 35.9 Å². The highest BCUT2D eigenvalue weighted by Crippen LogP contribution is 2.33. The fourth-order valence-corrected chi connectivity index (χ4v) is 7.30. The summed E-state index contributed by atoms with van der Waals surface area (Å²) in [5.74, 6) is -1.01. The summed E-state index contributed by atoms with van der Waals surface area (Å²) in [4.78, 5) is 23.4. The number of carbonyl (C=O) groups excluding carboxylic acids is 2. The molecule has 0 aromatic carbocycles. The van der Waals surface area contributed by atoms with Crippen LogP contribution in [0.15, 0.2) is 0 Å². The standard InChI is InChI=1S/C20H37NO8S3/c1-4-6-8-17(5-2)14-28-20(23)15-29-19(22)13-21-32(26,27)12-7-11-31(24,25)16(3)18-9-10-30-18/h16-18,21H,4-15H2,1-3H3. The summed E-state index contributed by atoms with van der Waals surface area (Å²) < 4.78 is 60.5. The van der Waals surface area contributed by atoms with Gasteiger partial charge in [0.25, 0.3) is 0 Å². The van der Waals surface area contributed by atoms with E-state index in [9.17, 15) is 26.4 Å². The molecule has 0 bridgehead atoms. The average molecular weight is 516 g/mol. The predicted octanol–water partition coefficient (Wildman–Crippen LogP) is 1.91. The summed E-state index contributed by atoms with van der Waals surface area (Å²) in [5.41, 5.74) is 0. The zero-order valence-electron chi connectivity index (χ0n) is 19.2. The van der Waals surface area contributed by atoms with Crippen LogP contribution in [0.5, 0.6) is 0 Å². The normalized spacial score (nSPS) is 18.4. The molecule has 3 unspecified atom stereocenters. The molecule has 1 rings (SSSR count). The summed E-state index contributed by atoms with van der Waals surface area (Å²) in [6.45, 7) is 4.81. The van der Waals surface area contributed by atoms with Gasteiger partial charge in [0.15, 0.2) is 16.4 Å². The smallest absolute Gasteiger partial charge is 0.344 e. The van der Waals surface area contributed by atoms with E-state index in [-0.39, 0.29) is 29.9 Å². The highest BCUT2D eigenvalue weighted by Gasteiger charge is 2.33. The van der Waals surface area contributed by atoms with Crippen molar-refractivity contribution in [3.8, 4) is 0 Å². The second-order valence-corrected chi connectivity index (χ2v) is 13.8. The van der Waals surface area contributed by atoms with Gasteiger partial charge < -0.3 is 9.47 Å². The van der Waals surface area contributed by atoms with E-state index >= 15 is 0 Å². The second kappa shape index (κ2) is 14.4. The van der Waals surface area contributed by atoms with Crippen molar-refractivity contribution in [3.63, 3.8) is 0 Å². The van der Waals surface area contributed by atoms with Gasteiger partial charge in [-0.2, -0.15) is 11.8 Å². The van der Waals surface area contributed by atoms with Crippen LogP contribution in [0.3, 0.4) is 0 Å². The van der Waals surface area contributed by atoms with Gasteiger partial charge in [0.05, 0.1) is 23.4 Å². The Bertz CT molecular complexity index is 794. The first-order chi connectivity index (χ1) is 15.0. The Morgan fingerprint density at radius 1 is 1.06 bits per heavy atom. The minimum atomic E-state index is -3.85. The predicted molar refractivity (Wildman–Crippen MR) is 126 cm³/mol. The summed E-state index contributed by atoms with van der Waals surface area (Å²) in [5, 5.41) is -0.411. The van der Waals surface area contributed by atoms with Crippen molar-refractivity contribution in [2.24, 2.45) is 5.92 Å². The molecule has 1 heterocycles. The van der Waals surface area contributed by atoms with Crippen LogP contribution in [-0.4, -0.2) is 76.3 Å². The molecule has 12 heteroatoms. The van der Waals surface area contributed by atoms with Crippen LogP contribution in [0.1, 0.15) is 59.3 Å². The molecule has 9 nitrogen and oxygen atoms in total. The van der Waals surface area contributed by atoms with Crippen molar-refractivity contribution in [1.29, 1.82) is 0 Å². The number of sulfonamides is 1. The van der Waals surface area contributed by atoms with Gasteiger partial charge in [-0.1, -0.05) is 33.1 Å². The molecule has 0 spiro atoms. The van der Waals surface area contributed by atoms with Crippen molar-refractivity contribution in [2.45, 2.75) is 69.8 Å². The maximum atomic E-state index is 12.3. The van der Waals surface area contributed by atoms with Crippen molar-refractivity contribution in [1.82, 2.24) is 4.72 Å².